The monoisotopic (exact) mass is 812 g/mol. The van der Waals surface area contributed by atoms with Crippen molar-refractivity contribution in [1.29, 1.82) is 0 Å². The highest BCUT2D eigenvalue weighted by Gasteiger charge is 2.25. The van der Waals surface area contributed by atoms with E-state index in [0.717, 1.165) is 49.7 Å². The second kappa shape index (κ2) is 33.5. The van der Waals surface area contributed by atoms with E-state index in [1.54, 1.807) is 6.07 Å². The molecule has 0 bridgehead atoms. The van der Waals surface area contributed by atoms with Crippen molar-refractivity contribution < 1.29 is 22.9 Å². The number of aryl methyl sites for hydroxylation is 1. The molecule has 290 valence electrons. The van der Waals surface area contributed by atoms with Gasteiger partial charge in [0.2, 0.25) is 0 Å². The number of unbranched alkanes of at least 4 members (excludes halogenated alkanes) is 30. The minimum Gasteiger partial charge on any atom is -0.478 e. The van der Waals surface area contributed by atoms with Gasteiger partial charge in [-0.25, -0.2) is 9.59 Å². The van der Waals surface area contributed by atoms with Crippen molar-refractivity contribution >= 4 is 33.1 Å². The number of carboxylic acid groups (broad SMARTS) is 2. The van der Waals surface area contributed by atoms with Gasteiger partial charge in [0.1, 0.15) is 0 Å². The Balaban J connectivity index is 2.40. The molecule has 0 saturated carbocycles. The summed E-state index contributed by atoms with van der Waals surface area (Å²) >= 11 is -1.92. The number of benzene rings is 1. The maximum atomic E-state index is 12.4. The van der Waals surface area contributed by atoms with Crippen LogP contribution in [-0.2, 0) is 15.9 Å². The largest absolute Gasteiger partial charge is 0.478 e. The van der Waals surface area contributed by atoms with Crippen LogP contribution in [0.15, 0.2) is 6.07 Å². The molecular weight excluding hydrogens is 735 g/mol. The van der Waals surface area contributed by atoms with E-state index in [4.69, 9.17) is 0 Å². The van der Waals surface area contributed by atoms with E-state index in [1.807, 2.05) is 0 Å². The summed E-state index contributed by atoms with van der Waals surface area (Å²) in [4.78, 5) is 24.5. The molecule has 0 aliphatic rings. The third-order valence-corrected chi connectivity index (χ3v) is 12.1. The van der Waals surface area contributed by atoms with Crippen LogP contribution >= 0.6 is 21.2 Å². The summed E-state index contributed by atoms with van der Waals surface area (Å²) in [6.45, 7) is 4.54. The van der Waals surface area contributed by atoms with Gasteiger partial charge >= 0.3 is 11.9 Å². The van der Waals surface area contributed by atoms with Gasteiger partial charge in [0.15, 0.2) is 21.2 Å². The van der Waals surface area contributed by atoms with E-state index in [0.29, 0.717) is 12.8 Å². The lowest BCUT2D eigenvalue weighted by Crippen LogP contribution is -2.14. The summed E-state index contributed by atoms with van der Waals surface area (Å²) in [5.41, 5.74) is 1.51. The Morgan fingerprint density at radius 2 is 0.760 bits per heavy atom. The lowest BCUT2D eigenvalue weighted by atomic mass is 9.90. The first-order valence-corrected chi connectivity index (χ1v) is 23.4. The van der Waals surface area contributed by atoms with E-state index in [1.165, 1.54) is 167 Å². The molecule has 0 fully saturated rings. The smallest absolute Gasteiger partial charge is 0.337 e. The first kappa shape index (κ1) is 46.7. The highest BCUT2D eigenvalue weighted by Crippen LogP contribution is 2.31. The van der Waals surface area contributed by atoms with Crippen LogP contribution < -0.4 is 0 Å². The van der Waals surface area contributed by atoms with Gasteiger partial charge in [0.05, 0.1) is 14.7 Å². The number of aromatic carboxylic acids is 2. The molecule has 0 heterocycles. The average molecular weight is 813 g/mol. The number of hydrogen-bond donors (Lipinski definition) is 2. The van der Waals surface area contributed by atoms with E-state index >= 15 is 0 Å². The van der Waals surface area contributed by atoms with Crippen LogP contribution in [0.2, 0.25) is 0 Å². The SMILES string of the molecule is CCCCCCCCCCCCCCCCCCc1cc(C(=O)O)c(I=O)c(C(=O)O)c1CCCCCCCCCCCCCCCCCC. The standard InChI is InChI=1S/C44H77IO5/c1-3-5-7-9-11-13-15-17-19-21-23-25-27-29-31-33-35-38-37-40(43(46)47)42(45-50)41(44(48)49)39(38)36-34-32-30-28-26-24-22-20-18-16-14-12-10-8-6-4-2/h37H,3-36H2,1-2H3,(H,46,47)(H,48,49). The van der Waals surface area contributed by atoms with Crippen molar-refractivity contribution in [2.75, 3.05) is 0 Å². The lowest BCUT2D eigenvalue weighted by molar-refractivity contribution is 0.0694. The van der Waals surface area contributed by atoms with Gasteiger partial charge in [0.25, 0.3) is 0 Å². The number of hydrogen-bond acceptors (Lipinski definition) is 3. The van der Waals surface area contributed by atoms with Gasteiger partial charge < -0.3 is 10.2 Å². The first-order chi connectivity index (χ1) is 24.5. The van der Waals surface area contributed by atoms with E-state index in [2.05, 4.69) is 13.8 Å². The molecular formula is C44H77IO5. The Labute approximate surface area is 318 Å². The number of carbonyl (C=O) groups is 2. The summed E-state index contributed by atoms with van der Waals surface area (Å²) in [6.07, 6.45) is 42.6. The highest BCUT2D eigenvalue weighted by atomic mass is 127. The Morgan fingerprint density at radius 1 is 0.460 bits per heavy atom. The van der Waals surface area contributed by atoms with Crippen molar-refractivity contribution in [2.24, 2.45) is 0 Å². The van der Waals surface area contributed by atoms with E-state index in [9.17, 15) is 22.9 Å². The van der Waals surface area contributed by atoms with Crippen LogP contribution in [0.25, 0.3) is 0 Å². The van der Waals surface area contributed by atoms with Gasteiger partial charge in [-0.3, -0.25) is 3.07 Å². The second-order valence-corrected chi connectivity index (χ2v) is 16.6. The first-order valence-electron chi connectivity index (χ1n) is 21.4. The normalized spacial score (nSPS) is 11.4. The number of rotatable bonds is 37. The molecule has 0 aliphatic carbocycles. The predicted octanol–water partition coefficient (Wildman–Crippen LogP) is 15.2. The molecule has 0 atom stereocenters. The van der Waals surface area contributed by atoms with Crippen molar-refractivity contribution in [3.05, 3.63) is 31.9 Å². The van der Waals surface area contributed by atoms with Gasteiger partial charge in [-0.05, 0) is 42.9 Å². The quantitative estimate of drug-likeness (QED) is 0.0516. The molecule has 1 rings (SSSR count). The summed E-state index contributed by atoms with van der Waals surface area (Å²) in [5, 5.41) is 20.0. The van der Waals surface area contributed by atoms with Gasteiger partial charge in [-0.15, -0.1) is 0 Å². The third kappa shape index (κ3) is 23.3. The van der Waals surface area contributed by atoms with Gasteiger partial charge in [-0.1, -0.05) is 206 Å². The fourth-order valence-electron chi connectivity index (χ4n) is 7.43. The predicted molar refractivity (Wildman–Crippen MR) is 220 cm³/mol. The number of carboxylic acids is 2. The van der Waals surface area contributed by atoms with E-state index < -0.39 is 33.1 Å². The average Bonchev–Trinajstić information content (AvgIpc) is 3.10. The molecule has 0 radical (unpaired) electrons. The van der Waals surface area contributed by atoms with Crippen molar-refractivity contribution in [3.8, 4) is 0 Å². The molecule has 0 saturated heterocycles. The molecule has 2 N–H and O–H groups in total. The summed E-state index contributed by atoms with van der Waals surface area (Å²) in [7, 11) is 0. The summed E-state index contributed by atoms with van der Waals surface area (Å²) < 4.78 is 12.2. The zero-order chi connectivity index (χ0) is 36.5. The van der Waals surface area contributed by atoms with Crippen LogP contribution in [0.1, 0.15) is 251 Å². The maximum absolute atomic E-state index is 12.4. The Bertz CT molecular complexity index is 1010. The molecule has 0 aliphatic heterocycles. The lowest BCUT2D eigenvalue weighted by Gasteiger charge is -2.16. The van der Waals surface area contributed by atoms with Crippen LogP contribution in [0, 0.1) is 3.57 Å². The topological polar surface area (TPSA) is 91.7 Å². The summed E-state index contributed by atoms with van der Waals surface area (Å²) in [6, 6.07) is 1.65. The Kier molecular flexibility index (Phi) is 31.3. The van der Waals surface area contributed by atoms with Crippen molar-refractivity contribution in [3.63, 3.8) is 0 Å². The number of halogens is 1. The van der Waals surface area contributed by atoms with Crippen LogP contribution in [0.4, 0.5) is 0 Å². The van der Waals surface area contributed by atoms with Gasteiger partial charge in [-0.2, -0.15) is 0 Å². The second-order valence-electron chi connectivity index (χ2n) is 15.0. The van der Waals surface area contributed by atoms with Crippen LogP contribution in [0.3, 0.4) is 0 Å². The zero-order valence-electron chi connectivity index (χ0n) is 32.6. The fourth-order valence-corrected chi connectivity index (χ4v) is 8.83. The Hall–Kier alpha value is -1.31. The van der Waals surface area contributed by atoms with Crippen molar-refractivity contribution in [2.45, 2.75) is 232 Å². The Morgan fingerprint density at radius 3 is 1.04 bits per heavy atom. The molecule has 5 nitrogen and oxygen atoms in total. The molecule has 0 spiro atoms. The van der Waals surface area contributed by atoms with Crippen molar-refractivity contribution in [1.82, 2.24) is 0 Å². The summed E-state index contributed by atoms with van der Waals surface area (Å²) in [5.74, 6) is -2.32. The minimum absolute atomic E-state index is 0.0140. The molecule has 1 aromatic carbocycles. The highest BCUT2D eigenvalue weighted by molar-refractivity contribution is 14.1. The minimum atomic E-state index is -1.92. The molecule has 0 amide bonds. The molecule has 1 aromatic rings. The third-order valence-electron chi connectivity index (χ3n) is 10.6. The molecule has 0 unspecified atom stereocenters. The maximum Gasteiger partial charge on any atom is 0.337 e. The zero-order valence-corrected chi connectivity index (χ0v) is 34.8. The molecule has 50 heavy (non-hydrogen) atoms. The van der Waals surface area contributed by atoms with Crippen LogP contribution in [0.5, 0.6) is 0 Å². The van der Waals surface area contributed by atoms with E-state index in [-0.39, 0.29) is 14.7 Å². The molecule has 0 aromatic heterocycles. The van der Waals surface area contributed by atoms with Crippen LogP contribution in [-0.4, -0.2) is 22.2 Å². The molecule has 6 heteroatoms. The van der Waals surface area contributed by atoms with Gasteiger partial charge in [0, 0.05) is 0 Å². The fraction of sp³-hybridized carbons (Fsp3) is 0.818.